The fourth-order valence-electron chi connectivity index (χ4n) is 7.50. The van der Waals surface area contributed by atoms with E-state index in [1.807, 2.05) is 0 Å². The molecule has 0 aromatic carbocycles. The molecule has 0 amide bonds. The molecule has 0 spiro atoms. The number of hydrogen-bond acceptors (Lipinski definition) is 0. The van der Waals surface area contributed by atoms with E-state index in [1.165, 1.54) is 77.0 Å². The Morgan fingerprint density at radius 3 is 1.64 bits per heavy atom. The van der Waals surface area contributed by atoms with E-state index in [2.05, 4.69) is 5.92 Å². The van der Waals surface area contributed by atoms with E-state index in [4.69, 9.17) is 0 Å². The van der Waals surface area contributed by atoms with Gasteiger partial charge in [-0.05, 0) is 80.5 Å². The van der Waals surface area contributed by atoms with E-state index < -0.39 is 0 Å². The Morgan fingerprint density at radius 2 is 1.00 bits per heavy atom. The lowest BCUT2D eigenvalue weighted by molar-refractivity contribution is -0.0107. The zero-order valence-electron chi connectivity index (χ0n) is 16.9. The van der Waals surface area contributed by atoms with Gasteiger partial charge >= 0.3 is 0 Å². The maximum Gasteiger partial charge on any atom is -0.0143 e. The van der Waals surface area contributed by atoms with Gasteiger partial charge in [0.1, 0.15) is 0 Å². The van der Waals surface area contributed by atoms with E-state index in [-0.39, 0.29) is 0 Å². The molecule has 0 N–H and O–H groups in total. The molecule has 0 heteroatoms. The van der Waals surface area contributed by atoms with Crippen LogP contribution < -0.4 is 0 Å². The van der Waals surface area contributed by atoms with Crippen LogP contribution in [0.5, 0.6) is 0 Å². The summed E-state index contributed by atoms with van der Waals surface area (Å²) in [6.45, 7) is 0. The smallest absolute Gasteiger partial charge is 0.0143 e. The highest BCUT2D eigenvalue weighted by Crippen LogP contribution is 2.63. The third kappa shape index (κ3) is 3.84. The van der Waals surface area contributed by atoms with Crippen molar-refractivity contribution in [1.82, 2.24) is 0 Å². The van der Waals surface area contributed by atoms with E-state index in [0.717, 1.165) is 17.8 Å². The fraction of sp³-hybridized carbons (Fsp3) is 0.960. The summed E-state index contributed by atoms with van der Waals surface area (Å²) in [6.07, 6.45) is 30.9. The molecule has 4 aliphatic carbocycles. The van der Waals surface area contributed by atoms with Gasteiger partial charge < -0.3 is 0 Å². The minimum Gasteiger partial charge on any atom is -0.0533 e. The molecule has 0 aliphatic heterocycles. The van der Waals surface area contributed by atoms with Gasteiger partial charge in [-0.3, -0.25) is 0 Å². The Hall–Kier alpha value is 0. The molecule has 0 heterocycles. The summed E-state index contributed by atoms with van der Waals surface area (Å²) >= 11 is 0. The van der Waals surface area contributed by atoms with E-state index in [9.17, 15) is 0 Å². The molecule has 1 radical (unpaired) electrons. The van der Waals surface area contributed by atoms with Crippen molar-refractivity contribution >= 4 is 0 Å². The predicted molar refractivity (Wildman–Crippen MR) is 108 cm³/mol. The van der Waals surface area contributed by atoms with Crippen LogP contribution in [-0.2, 0) is 0 Å². The van der Waals surface area contributed by atoms with Crippen LogP contribution in [0, 0.1) is 29.1 Å². The minimum absolute atomic E-state index is 0.707. The van der Waals surface area contributed by atoms with Gasteiger partial charge in [0.2, 0.25) is 0 Å². The third-order valence-corrected chi connectivity index (χ3v) is 8.90. The molecule has 4 aliphatic rings. The van der Waals surface area contributed by atoms with Gasteiger partial charge in [0.05, 0.1) is 0 Å². The first-order valence-corrected chi connectivity index (χ1v) is 12.3. The van der Waals surface area contributed by atoms with Gasteiger partial charge in [-0.15, -0.1) is 0 Å². The fourth-order valence-corrected chi connectivity index (χ4v) is 7.50. The SMILES string of the molecule is C1CCCC([C]2CCCCCC2(C2CCCCC2)C2CCC2)CCC1. The molecule has 4 fully saturated rings. The van der Waals surface area contributed by atoms with Crippen molar-refractivity contribution in [3.05, 3.63) is 5.92 Å². The second-order valence-electron chi connectivity index (χ2n) is 10.1. The van der Waals surface area contributed by atoms with Crippen molar-refractivity contribution in [3.63, 3.8) is 0 Å². The second kappa shape index (κ2) is 8.79. The monoisotopic (exact) mass is 343 g/mol. The average molecular weight is 344 g/mol. The van der Waals surface area contributed by atoms with Gasteiger partial charge in [-0.2, -0.15) is 0 Å². The summed E-state index contributed by atoms with van der Waals surface area (Å²) in [4.78, 5) is 0. The van der Waals surface area contributed by atoms with Crippen LogP contribution in [0.15, 0.2) is 0 Å². The lowest BCUT2D eigenvalue weighted by Gasteiger charge is -2.57. The molecule has 0 aromatic rings. The Bertz CT molecular complexity index is 381. The summed E-state index contributed by atoms with van der Waals surface area (Å²) in [5.41, 5.74) is 0.707. The van der Waals surface area contributed by atoms with Crippen molar-refractivity contribution in [2.45, 2.75) is 128 Å². The highest BCUT2D eigenvalue weighted by molar-refractivity contribution is 5.17. The molecular weight excluding hydrogens is 300 g/mol. The molecule has 0 aromatic heterocycles. The molecule has 4 saturated carbocycles. The quantitative estimate of drug-likeness (QED) is 0.452. The lowest BCUT2D eigenvalue weighted by atomic mass is 9.47. The number of rotatable bonds is 3. The summed E-state index contributed by atoms with van der Waals surface area (Å²) in [5, 5.41) is 0. The molecule has 1 unspecified atom stereocenters. The van der Waals surface area contributed by atoms with Crippen LogP contribution in [-0.4, -0.2) is 0 Å². The maximum absolute atomic E-state index is 2.17. The van der Waals surface area contributed by atoms with Crippen LogP contribution >= 0.6 is 0 Å². The summed E-state index contributed by atoms with van der Waals surface area (Å²) in [6, 6.07) is 0. The molecule has 0 bridgehead atoms. The molecule has 0 nitrogen and oxygen atoms in total. The molecule has 4 rings (SSSR count). The normalized spacial score (nSPS) is 35.5. The Balaban J connectivity index is 1.63. The zero-order chi connectivity index (χ0) is 17.0. The van der Waals surface area contributed by atoms with Gasteiger partial charge in [-0.25, -0.2) is 0 Å². The van der Waals surface area contributed by atoms with Crippen molar-refractivity contribution in [2.24, 2.45) is 23.2 Å². The third-order valence-electron chi connectivity index (χ3n) is 8.90. The topological polar surface area (TPSA) is 0 Å². The maximum atomic E-state index is 2.17. The lowest BCUT2D eigenvalue weighted by Crippen LogP contribution is -2.48. The minimum atomic E-state index is 0.707. The van der Waals surface area contributed by atoms with Crippen LogP contribution in [0.2, 0.25) is 0 Å². The zero-order valence-corrected chi connectivity index (χ0v) is 16.9. The molecule has 143 valence electrons. The van der Waals surface area contributed by atoms with Gasteiger partial charge in [0, 0.05) is 0 Å². The second-order valence-corrected chi connectivity index (χ2v) is 10.1. The van der Waals surface area contributed by atoms with Crippen molar-refractivity contribution < 1.29 is 0 Å². The average Bonchev–Trinajstić information content (AvgIpc) is 2.78. The summed E-state index contributed by atoms with van der Waals surface area (Å²) in [5.74, 6) is 5.35. The Labute approximate surface area is 157 Å². The molecular formula is C25H43. The van der Waals surface area contributed by atoms with Crippen molar-refractivity contribution in [1.29, 1.82) is 0 Å². The highest BCUT2D eigenvalue weighted by Gasteiger charge is 2.53. The Morgan fingerprint density at radius 1 is 0.480 bits per heavy atom. The van der Waals surface area contributed by atoms with Crippen molar-refractivity contribution in [2.75, 3.05) is 0 Å². The van der Waals surface area contributed by atoms with Crippen molar-refractivity contribution in [3.8, 4) is 0 Å². The summed E-state index contributed by atoms with van der Waals surface area (Å²) < 4.78 is 0. The first-order chi connectivity index (χ1) is 12.4. The van der Waals surface area contributed by atoms with E-state index >= 15 is 0 Å². The van der Waals surface area contributed by atoms with Gasteiger partial charge in [0.25, 0.3) is 0 Å². The molecule has 0 saturated heterocycles. The largest absolute Gasteiger partial charge is 0.0533 e. The number of hydrogen-bond donors (Lipinski definition) is 0. The van der Waals surface area contributed by atoms with Crippen LogP contribution in [0.1, 0.15) is 128 Å². The van der Waals surface area contributed by atoms with Crippen LogP contribution in [0.25, 0.3) is 0 Å². The highest BCUT2D eigenvalue weighted by atomic mass is 14.6. The summed E-state index contributed by atoms with van der Waals surface area (Å²) in [7, 11) is 0. The standard InChI is InChI=1S/C25H43/c1-2-6-13-21(14-7-3-1)24-19-10-5-11-20-25(24,23-17-12-18-23)22-15-8-4-9-16-22/h21-23H,1-20H2. The van der Waals surface area contributed by atoms with E-state index in [1.54, 1.807) is 51.4 Å². The van der Waals surface area contributed by atoms with Gasteiger partial charge in [-0.1, -0.05) is 77.0 Å². The first kappa shape index (κ1) is 18.4. The predicted octanol–water partition coefficient (Wildman–Crippen LogP) is 8.25. The Kier molecular flexibility index (Phi) is 6.46. The molecule has 25 heavy (non-hydrogen) atoms. The first-order valence-electron chi connectivity index (χ1n) is 12.3. The van der Waals surface area contributed by atoms with Crippen LogP contribution in [0.4, 0.5) is 0 Å². The van der Waals surface area contributed by atoms with Crippen LogP contribution in [0.3, 0.4) is 0 Å². The van der Waals surface area contributed by atoms with Gasteiger partial charge in [0.15, 0.2) is 0 Å². The van der Waals surface area contributed by atoms with E-state index in [0.29, 0.717) is 5.41 Å². The molecule has 1 atom stereocenters.